The molecule has 1 saturated heterocycles. The van der Waals surface area contributed by atoms with Crippen molar-refractivity contribution in [3.05, 3.63) is 40.9 Å². The van der Waals surface area contributed by atoms with Gasteiger partial charge in [0.15, 0.2) is 0 Å². The molecule has 1 aliphatic rings. The van der Waals surface area contributed by atoms with E-state index in [1.807, 2.05) is 24.3 Å². The van der Waals surface area contributed by atoms with E-state index in [2.05, 4.69) is 32.7 Å². The van der Waals surface area contributed by atoms with Gasteiger partial charge in [-0.05, 0) is 28.4 Å². The highest BCUT2D eigenvalue weighted by molar-refractivity contribution is 9.10. The molecule has 20 heavy (non-hydrogen) atoms. The minimum Gasteiger partial charge on any atom is -0.506 e. The number of hydrogen-bond acceptors (Lipinski definition) is 3. The summed E-state index contributed by atoms with van der Waals surface area (Å²) in [5, 5.41) is 13.6. The molecule has 0 unspecified atom stereocenters. The summed E-state index contributed by atoms with van der Waals surface area (Å²) < 4.78 is 0.754. The van der Waals surface area contributed by atoms with Gasteiger partial charge in [0.25, 0.3) is 0 Å². The van der Waals surface area contributed by atoms with Gasteiger partial charge >= 0.3 is 0 Å². The number of rotatable bonds is 4. The minimum absolute atomic E-state index is 0. The Hall–Kier alpha value is -0.260. The second-order valence-electron chi connectivity index (χ2n) is 4.50. The number of halogens is 3. The van der Waals surface area contributed by atoms with Crippen LogP contribution in [0.5, 0.6) is 5.75 Å². The summed E-state index contributed by atoms with van der Waals surface area (Å²) in [6, 6.07) is 6.04. The highest BCUT2D eigenvalue weighted by Crippen LogP contribution is 2.36. The first-order chi connectivity index (χ1) is 8.74. The Labute approximate surface area is 141 Å². The predicted octanol–water partition coefficient (Wildman–Crippen LogP) is 3.52. The number of nitrogens with one attached hydrogen (secondary N) is 1. The Morgan fingerprint density at radius 1 is 1.35 bits per heavy atom. The summed E-state index contributed by atoms with van der Waals surface area (Å²) in [6.07, 6.45) is 2.77. The van der Waals surface area contributed by atoms with Crippen molar-refractivity contribution in [3.63, 3.8) is 0 Å². The number of nitrogens with zero attached hydrogens (tertiary/aromatic N) is 1. The van der Waals surface area contributed by atoms with Crippen molar-refractivity contribution in [1.29, 1.82) is 0 Å². The Morgan fingerprint density at radius 2 is 2.00 bits per heavy atom. The number of phenolic OH excluding ortho intramolecular Hbond substituents is 1. The van der Waals surface area contributed by atoms with Gasteiger partial charge in [-0.1, -0.05) is 18.2 Å². The lowest BCUT2D eigenvalue weighted by molar-refractivity contribution is 0.172. The van der Waals surface area contributed by atoms with Crippen LogP contribution >= 0.6 is 40.7 Å². The van der Waals surface area contributed by atoms with Gasteiger partial charge in [0.1, 0.15) is 5.75 Å². The Morgan fingerprint density at radius 3 is 2.60 bits per heavy atom. The molecule has 0 radical (unpaired) electrons. The standard InChI is InChI=1S/C14H19BrN2O.2ClH/c1-2-4-13(17-9-7-16-8-10-17)11-5-3-6-12(15)14(11)18;;/h2-3,5-6,13,16,18H,1,4,7-10H2;2*1H/t13-;;/m0../s1. The molecule has 0 bridgehead atoms. The van der Waals surface area contributed by atoms with Crippen LogP contribution in [-0.4, -0.2) is 36.2 Å². The molecule has 6 heteroatoms. The highest BCUT2D eigenvalue weighted by Gasteiger charge is 2.23. The first-order valence-corrected chi connectivity index (χ1v) is 7.06. The lowest BCUT2D eigenvalue weighted by Gasteiger charge is -2.35. The van der Waals surface area contributed by atoms with Crippen LogP contribution in [-0.2, 0) is 0 Å². The number of benzene rings is 1. The van der Waals surface area contributed by atoms with Crippen molar-refractivity contribution in [2.24, 2.45) is 0 Å². The second kappa shape index (κ2) is 9.64. The summed E-state index contributed by atoms with van der Waals surface area (Å²) in [6.45, 7) is 7.85. The van der Waals surface area contributed by atoms with Gasteiger partial charge in [0, 0.05) is 37.8 Å². The summed E-state index contributed by atoms with van der Waals surface area (Å²) in [5.41, 5.74) is 0.978. The number of hydrogen-bond donors (Lipinski definition) is 2. The molecular formula is C14H21BrCl2N2O. The van der Waals surface area contributed by atoms with Crippen molar-refractivity contribution in [2.75, 3.05) is 26.2 Å². The topological polar surface area (TPSA) is 35.5 Å². The number of aromatic hydroxyl groups is 1. The maximum atomic E-state index is 10.2. The molecule has 1 aromatic rings. The summed E-state index contributed by atoms with van der Waals surface area (Å²) >= 11 is 3.38. The van der Waals surface area contributed by atoms with Crippen LogP contribution in [0, 0.1) is 0 Å². The van der Waals surface area contributed by atoms with Crippen molar-refractivity contribution < 1.29 is 5.11 Å². The fourth-order valence-electron chi connectivity index (χ4n) is 2.43. The van der Waals surface area contributed by atoms with E-state index < -0.39 is 0 Å². The number of piperazine rings is 1. The first kappa shape index (κ1) is 19.7. The van der Waals surface area contributed by atoms with E-state index in [9.17, 15) is 5.11 Å². The largest absolute Gasteiger partial charge is 0.506 e. The average molecular weight is 384 g/mol. The van der Waals surface area contributed by atoms with Gasteiger partial charge in [-0.3, -0.25) is 4.90 Å². The second-order valence-corrected chi connectivity index (χ2v) is 5.36. The van der Waals surface area contributed by atoms with Crippen LogP contribution < -0.4 is 5.32 Å². The van der Waals surface area contributed by atoms with E-state index in [1.54, 1.807) is 0 Å². The molecular weight excluding hydrogens is 363 g/mol. The van der Waals surface area contributed by atoms with Crippen LogP contribution in [0.15, 0.2) is 35.3 Å². The van der Waals surface area contributed by atoms with Crippen LogP contribution in [0.1, 0.15) is 18.0 Å². The van der Waals surface area contributed by atoms with Crippen molar-refractivity contribution in [1.82, 2.24) is 10.2 Å². The monoisotopic (exact) mass is 382 g/mol. The van der Waals surface area contributed by atoms with E-state index in [-0.39, 0.29) is 30.9 Å². The molecule has 0 spiro atoms. The zero-order valence-corrected chi connectivity index (χ0v) is 14.4. The molecule has 0 aliphatic carbocycles. The van der Waals surface area contributed by atoms with Gasteiger partial charge in [0.05, 0.1) is 4.47 Å². The number of phenols is 1. The van der Waals surface area contributed by atoms with E-state index in [4.69, 9.17) is 0 Å². The molecule has 1 atom stereocenters. The predicted molar refractivity (Wildman–Crippen MR) is 92.3 cm³/mol. The molecule has 114 valence electrons. The van der Waals surface area contributed by atoms with E-state index in [0.717, 1.165) is 42.6 Å². The van der Waals surface area contributed by atoms with Crippen molar-refractivity contribution in [2.45, 2.75) is 12.5 Å². The maximum Gasteiger partial charge on any atom is 0.134 e. The Bertz CT molecular complexity index is 426. The third-order valence-corrected chi connectivity index (χ3v) is 4.00. The molecule has 1 aliphatic heterocycles. The van der Waals surface area contributed by atoms with Gasteiger partial charge in [-0.25, -0.2) is 0 Å². The smallest absolute Gasteiger partial charge is 0.134 e. The molecule has 3 nitrogen and oxygen atoms in total. The van der Waals surface area contributed by atoms with Crippen molar-refractivity contribution >= 4 is 40.7 Å². The Balaban J connectivity index is 0.00000180. The van der Waals surface area contributed by atoms with Crippen molar-refractivity contribution in [3.8, 4) is 5.75 Å². The molecule has 2 N–H and O–H groups in total. The fraction of sp³-hybridized carbons (Fsp3) is 0.429. The fourth-order valence-corrected chi connectivity index (χ4v) is 2.81. The first-order valence-electron chi connectivity index (χ1n) is 6.27. The van der Waals surface area contributed by atoms with Crippen LogP contribution in [0.3, 0.4) is 0 Å². The molecule has 1 fully saturated rings. The highest BCUT2D eigenvalue weighted by atomic mass is 79.9. The van der Waals surface area contributed by atoms with E-state index in [1.165, 1.54) is 0 Å². The van der Waals surface area contributed by atoms with Crippen LogP contribution in [0.25, 0.3) is 0 Å². The van der Waals surface area contributed by atoms with E-state index >= 15 is 0 Å². The van der Waals surface area contributed by atoms with Crippen LogP contribution in [0.4, 0.5) is 0 Å². The third kappa shape index (κ3) is 4.64. The maximum absolute atomic E-state index is 10.2. The van der Waals surface area contributed by atoms with Gasteiger partial charge in [0.2, 0.25) is 0 Å². The Kier molecular flexibility index (Phi) is 9.51. The quantitative estimate of drug-likeness (QED) is 0.780. The SMILES string of the molecule is C=CC[C@@H](c1cccc(Br)c1O)N1CCNCC1.Cl.Cl. The zero-order valence-electron chi connectivity index (χ0n) is 11.2. The lowest BCUT2D eigenvalue weighted by atomic mass is 10.00. The average Bonchev–Trinajstić information content (AvgIpc) is 2.41. The lowest BCUT2D eigenvalue weighted by Crippen LogP contribution is -2.45. The molecule has 1 aromatic carbocycles. The van der Waals surface area contributed by atoms with Gasteiger partial charge < -0.3 is 10.4 Å². The zero-order chi connectivity index (χ0) is 13.0. The summed E-state index contributed by atoms with van der Waals surface area (Å²) in [4.78, 5) is 2.40. The number of para-hydroxylation sites is 1. The van der Waals surface area contributed by atoms with Gasteiger partial charge in [-0.2, -0.15) is 0 Å². The van der Waals surface area contributed by atoms with Crippen LogP contribution in [0.2, 0.25) is 0 Å². The van der Waals surface area contributed by atoms with E-state index in [0.29, 0.717) is 5.75 Å². The third-order valence-electron chi connectivity index (χ3n) is 3.36. The minimum atomic E-state index is 0. The summed E-state index contributed by atoms with van der Waals surface area (Å²) in [5.74, 6) is 0.350. The molecule has 2 rings (SSSR count). The summed E-state index contributed by atoms with van der Waals surface area (Å²) in [7, 11) is 0. The molecule has 0 amide bonds. The molecule has 1 heterocycles. The molecule has 0 aromatic heterocycles. The molecule has 0 saturated carbocycles. The normalized spacial score (nSPS) is 16.6. The van der Waals surface area contributed by atoms with Gasteiger partial charge in [-0.15, -0.1) is 31.4 Å².